The van der Waals surface area contributed by atoms with Crippen LogP contribution in [0.3, 0.4) is 0 Å². The van der Waals surface area contributed by atoms with Gasteiger partial charge in [-0.1, -0.05) is 0 Å². The lowest BCUT2D eigenvalue weighted by atomic mass is 10.3. The molecule has 0 saturated carbocycles. The molecule has 0 aliphatic carbocycles. The van der Waals surface area contributed by atoms with Gasteiger partial charge in [-0.25, -0.2) is 18.5 Å². The Balaban J connectivity index is 2.15. The lowest BCUT2D eigenvalue weighted by Crippen LogP contribution is -2.12. The summed E-state index contributed by atoms with van der Waals surface area (Å²) in [5, 5.41) is 5.06. The molecule has 1 heterocycles. The Bertz CT molecular complexity index is 712. The number of nitrogens with two attached hydrogens (primary N) is 1. The van der Waals surface area contributed by atoms with Gasteiger partial charge in [-0.3, -0.25) is 0 Å². The monoisotopic (exact) mass is 359 g/mol. The molecule has 0 amide bonds. The molecule has 0 spiro atoms. The zero-order valence-electron chi connectivity index (χ0n) is 10.8. The number of rotatable bonds is 5. The van der Waals surface area contributed by atoms with E-state index < -0.39 is 10.0 Å². The lowest BCUT2D eigenvalue weighted by Gasteiger charge is -2.10. The number of ether oxygens (including phenoxy) is 1. The highest BCUT2D eigenvalue weighted by Crippen LogP contribution is 2.28. The standard InChI is InChI=1S/C12H14BrN3O3S/c1-2-16-8-15-6-9(16)7-19-12-4-3-10(5-11(12)13)20(14,17)18/h3-6,8H,2,7H2,1H3,(H2,14,17,18). The van der Waals surface area contributed by atoms with Crippen LogP contribution in [0, 0.1) is 0 Å². The summed E-state index contributed by atoms with van der Waals surface area (Å²) in [5.41, 5.74) is 0.940. The van der Waals surface area contributed by atoms with E-state index in [1.165, 1.54) is 12.1 Å². The van der Waals surface area contributed by atoms with Crippen LogP contribution in [0.2, 0.25) is 0 Å². The predicted octanol–water partition coefficient (Wildman–Crippen LogP) is 1.89. The molecule has 1 aromatic carbocycles. The van der Waals surface area contributed by atoms with Gasteiger partial charge in [-0.05, 0) is 41.1 Å². The SMILES string of the molecule is CCn1cncc1COc1ccc(S(N)(=O)=O)cc1Br. The van der Waals surface area contributed by atoms with Crippen LogP contribution in [-0.4, -0.2) is 18.0 Å². The van der Waals surface area contributed by atoms with Gasteiger partial charge in [0.1, 0.15) is 12.4 Å². The molecule has 0 unspecified atom stereocenters. The fourth-order valence-corrected chi connectivity index (χ4v) is 2.86. The molecule has 20 heavy (non-hydrogen) atoms. The van der Waals surface area contributed by atoms with Gasteiger partial charge in [0.05, 0.1) is 27.6 Å². The first-order chi connectivity index (χ1) is 9.41. The lowest BCUT2D eigenvalue weighted by molar-refractivity contribution is 0.293. The van der Waals surface area contributed by atoms with Crippen LogP contribution < -0.4 is 9.88 Å². The Kier molecular flexibility index (Phi) is 4.46. The maximum atomic E-state index is 11.2. The van der Waals surface area contributed by atoms with Crippen molar-refractivity contribution in [1.82, 2.24) is 9.55 Å². The molecule has 0 aliphatic rings. The topological polar surface area (TPSA) is 87.2 Å². The van der Waals surface area contributed by atoms with Crippen LogP contribution in [0.4, 0.5) is 0 Å². The van der Waals surface area contributed by atoms with Crippen molar-refractivity contribution in [2.24, 2.45) is 5.14 Å². The molecule has 1 aromatic heterocycles. The molecule has 8 heteroatoms. The van der Waals surface area contributed by atoms with Crippen molar-refractivity contribution in [3.05, 3.63) is 40.9 Å². The molecule has 0 bridgehead atoms. The molecule has 6 nitrogen and oxygen atoms in total. The Morgan fingerprint density at radius 3 is 2.80 bits per heavy atom. The minimum atomic E-state index is -3.71. The van der Waals surface area contributed by atoms with Gasteiger partial charge in [-0.2, -0.15) is 0 Å². The summed E-state index contributed by atoms with van der Waals surface area (Å²) < 4.78 is 30.6. The van der Waals surface area contributed by atoms with Crippen LogP contribution in [0.1, 0.15) is 12.6 Å². The summed E-state index contributed by atoms with van der Waals surface area (Å²) in [6.45, 7) is 3.17. The number of primary sulfonamides is 1. The number of sulfonamides is 1. The zero-order valence-corrected chi connectivity index (χ0v) is 13.2. The second-order valence-electron chi connectivity index (χ2n) is 4.10. The Morgan fingerprint density at radius 1 is 1.45 bits per heavy atom. The molecule has 2 N–H and O–H groups in total. The molecule has 0 aliphatic heterocycles. The molecule has 2 rings (SSSR count). The number of halogens is 1. The first-order valence-corrected chi connectivity index (χ1v) is 8.20. The van der Waals surface area contributed by atoms with Crippen molar-refractivity contribution in [2.75, 3.05) is 0 Å². The summed E-state index contributed by atoms with van der Waals surface area (Å²) in [6, 6.07) is 4.39. The molecule has 0 fully saturated rings. The highest BCUT2D eigenvalue weighted by Gasteiger charge is 2.11. The molecule has 0 atom stereocenters. The third kappa shape index (κ3) is 3.38. The van der Waals surface area contributed by atoms with E-state index in [1.807, 2.05) is 11.5 Å². The van der Waals surface area contributed by atoms with Gasteiger partial charge < -0.3 is 9.30 Å². The van der Waals surface area contributed by atoms with Crippen LogP contribution in [0.25, 0.3) is 0 Å². The molecule has 0 radical (unpaired) electrons. The summed E-state index contributed by atoms with van der Waals surface area (Å²) in [6.07, 6.45) is 3.47. The van der Waals surface area contributed by atoms with E-state index in [2.05, 4.69) is 20.9 Å². The van der Waals surface area contributed by atoms with Crippen molar-refractivity contribution in [1.29, 1.82) is 0 Å². The number of hydrogen-bond donors (Lipinski definition) is 1. The van der Waals surface area contributed by atoms with E-state index >= 15 is 0 Å². The fraction of sp³-hybridized carbons (Fsp3) is 0.250. The summed E-state index contributed by atoms with van der Waals surface area (Å²) >= 11 is 3.27. The molecular weight excluding hydrogens is 346 g/mol. The number of imidazole rings is 1. The van der Waals surface area contributed by atoms with Gasteiger partial charge in [0.15, 0.2) is 0 Å². The van der Waals surface area contributed by atoms with E-state index in [0.29, 0.717) is 16.8 Å². The quantitative estimate of drug-likeness (QED) is 0.882. The normalized spacial score (nSPS) is 11.6. The van der Waals surface area contributed by atoms with Gasteiger partial charge in [-0.15, -0.1) is 0 Å². The van der Waals surface area contributed by atoms with E-state index in [-0.39, 0.29) is 4.90 Å². The van der Waals surface area contributed by atoms with Crippen molar-refractivity contribution in [3.63, 3.8) is 0 Å². The van der Waals surface area contributed by atoms with Gasteiger partial charge >= 0.3 is 0 Å². The summed E-state index contributed by atoms with van der Waals surface area (Å²) in [5.74, 6) is 0.543. The van der Waals surface area contributed by atoms with Gasteiger partial charge in [0, 0.05) is 6.54 Å². The largest absolute Gasteiger partial charge is 0.486 e. The van der Waals surface area contributed by atoms with Crippen molar-refractivity contribution in [2.45, 2.75) is 25.0 Å². The molecule has 108 valence electrons. The van der Waals surface area contributed by atoms with Gasteiger partial charge in [0.25, 0.3) is 0 Å². The van der Waals surface area contributed by atoms with Crippen molar-refractivity contribution >= 4 is 26.0 Å². The average Bonchev–Trinajstić information content (AvgIpc) is 2.83. The van der Waals surface area contributed by atoms with E-state index in [9.17, 15) is 8.42 Å². The van der Waals surface area contributed by atoms with E-state index in [4.69, 9.17) is 9.88 Å². The highest BCUT2D eigenvalue weighted by molar-refractivity contribution is 9.10. The number of nitrogens with zero attached hydrogens (tertiary/aromatic N) is 2. The van der Waals surface area contributed by atoms with E-state index in [1.54, 1.807) is 18.6 Å². The first kappa shape index (κ1) is 15.0. The molecular formula is C12H14BrN3O3S. The summed E-state index contributed by atoms with van der Waals surface area (Å²) in [7, 11) is -3.71. The third-order valence-corrected chi connectivity index (χ3v) is 4.28. The minimum absolute atomic E-state index is 0.0373. The second kappa shape index (κ2) is 5.94. The summed E-state index contributed by atoms with van der Waals surface area (Å²) in [4.78, 5) is 4.09. The minimum Gasteiger partial charge on any atom is -0.486 e. The third-order valence-electron chi connectivity index (χ3n) is 2.75. The van der Waals surface area contributed by atoms with Gasteiger partial charge in [0.2, 0.25) is 10.0 Å². The highest BCUT2D eigenvalue weighted by atomic mass is 79.9. The van der Waals surface area contributed by atoms with Crippen LogP contribution in [0.15, 0.2) is 40.1 Å². The number of aryl methyl sites for hydroxylation is 1. The smallest absolute Gasteiger partial charge is 0.238 e. The number of benzene rings is 1. The zero-order chi connectivity index (χ0) is 14.8. The molecule has 2 aromatic rings. The maximum Gasteiger partial charge on any atom is 0.238 e. The first-order valence-electron chi connectivity index (χ1n) is 5.86. The fourth-order valence-electron chi connectivity index (χ4n) is 1.68. The number of hydrogen-bond acceptors (Lipinski definition) is 4. The van der Waals surface area contributed by atoms with E-state index in [0.717, 1.165) is 12.2 Å². The Labute approximate surface area is 125 Å². The Morgan fingerprint density at radius 2 is 2.20 bits per heavy atom. The van der Waals surface area contributed by atoms with Crippen LogP contribution >= 0.6 is 15.9 Å². The maximum absolute atomic E-state index is 11.2. The molecule has 0 saturated heterocycles. The Hall–Kier alpha value is -1.38. The number of aromatic nitrogens is 2. The van der Waals surface area contributed by atoms with Crippen LogP contribution in [0.5, 0.6) is 5.75 Å². The second-order valence-corrected chi connectivity index (χ2v) is 6.51. The van der Waals surface area contributed by atoms with Crippen molar-refractivity contribution < 1.29 is 13.2 Å². The predicted molar refractivity (Wildman–Crippen MR) is 77.7 cm³/mol. The van der Waals surface area contributed by atoms with Crippen molar-refractivity contribution in [3.8, 4) is 5.75 Å². The van der Waals surface area contributed by atoms with Crippen LogP contribution in [-0.2, 0) is 23.2 Å². The average molecular weight is 360 g/mol.